The molecule has 0 aromatic heterocycles. The first-order chi connectivity index (χ1) is 11.6. The van der Waals surface area contributed by atoms with E-state index >= 15 is 0 Å². The first-order valence-electron chi connectivity index (χ1n) is 8.13. The van der Waals surface area contributed by atoms with Gasteiger partial charge in [0.25, 0.3) is 10.0 Å². The van der Waals surface area contributed by atoms with Gasteiger partial charge in [0, 0.05) is 24.5 Å². The van der Waals surface area contributed by atoms with Crippen LogP contribution in [0.4, 0.5) is 11.4 Å². The molecule has 2 aromatic rings. The summed E-state index contributed by atoms with van der Waals surface area (Å²) >= 11 is 0. The maximum Gasteiger partial charge on any atom is 0.261 e. The summed E-state index contributed by atoms with van der Waals surface area (Å²) in [7, 11) is -3.56. The van der Waals surface area contributed by atoms with Crippen LogP contribution in [0.1, 0.15) is 12.5 Å². The summed E-state index contributed by atoms with van der Waals surface area (Å²) in [5.41, 5.74) is 2.75. The Morgan fingerprint density at radius 2 is 1.62 bits per heavy atom. The normalized spacial score (nSPS) is 15.3. The predicted octanol–water partition coefficient (Wildman–Crippen LogP) is 2.89. The highest BCUT2D eigenvalue weighted by Crippen LogP contribution is 2.21. The molecule has 0 atom stereocenters. The third-order valence-corrected chi connectivity index (χ3v) is 5.53. The van der Waals surface area contributed by atoms with Crippen LogP contribution in [0.3, 0.4) is 0 Å². The number of nitrogens with one attached hydrogen (secondary N) is 1. The van der Waals surface area contributed by atoms with E-state index < -0.39 is 10.0 Å². The quantitative estimate of drug-likeness (QED) is 0.904. The van der Waals surface area contributed by atoms with Gasteiger partial charge < -0.3 is 9.64 Å². The number of anilines is 2. The number of aryl methyl sites for hydroxylation is 1. The molecule has 0 saturated carbocycles. The Kier molecular flexibility index (Phi) is 5.06. The molecule has 0 amide bonds. The van der Waals surface area contributed by atoms with Crippen molar-refractivity contribution in [3.63, 3.8) is 0 Å². The lowest BCUT2D eigenvalue weighted by Crippen LogP contribution is -2.36. The number of sulfonamides is 1. The summed E-state index contributed by atoms with van der Waals surface area (Å²) in [5.74, 6) is 0. The lowest BCUT2D eigenvalue weighted by molar-refractivity contribution is 0.122. The molecule has 128 valence electrons. The molecule has 5 nitrogen and oxygen atoms in total. The summed E-state index contributed by atoms with van der Waals surface area (Å²) < 4.78 is 32.9. The van der Waals surface area contributed by atoms with Gasteiger partial charge in [-0.05, 0) is 48.4 Å². The minimum atomic E-state index is -3.56. The van der Waals surface area contributed by atoms with E-state index in [0.29, 0.717) is 5.69 Å². The molecule has 1 aliphatic rings. The second kappa shape index (κ2) is 7.23. The van der Waals surface area contributed by atoms with Crippen LogP contribution < -0.4 is 9.62 Å². The van der Waals surface area contributed by atoms with Gasteiger partial charge in [-0.3, -0.25) is 4.72 Å². The molecule has 1 fully saturated rings. The van der Waals surface area contributed by atoms with Crippen molar-refractivity contribution in [2.75, 3.05) is 35.9 Å². The molecule has 24 heavy (non-hydrogen) atoms. The first-order valence-corrected chi connectivity index (χ1v) is 9.61. The van der Waals surface area contributed by atoms with Crippen molar-refractivity contribution >= 4 is 21.4 Å². The van der Waals surface area contributed by atoms with Crippen molar-refractivity contribution in [2.45, 2.75) is 18.2 Å². The number of morpholine rings is 1. The van der Waals surface area contributed by atoms with E-state index in [9.17, 15) is 8.42 Å². The van der Waals surface area contributed by atoms with E-state index in [1.807, 2.05) is 31.2 Å². The number of rotatable bonds is 5. The van der Waals surface area contributed by atoms with Crippen LogP contribution in [-0.4, -0.2) is 34.7 Å². The van der Waals surface area contributed by atoms with Crippen LogP contribution in [0.15, 0.2) is 53.4 Å². The molecular weight excluding hydrogens is 324 g/mol. The van der Waals surface area contributed by atoms with Crippen LogP contribution in [-0.2, 0) is 21.2 Å². The fraction of sp³-hybridized carbons (Fsp3) is 0.333. The fourth-order valence-corrected chi connectivity index (χ4v) is 3.74. The second-order valence-electron chi connectivity index (χ2n) is 5.75. The van der Waals surface area contributed by atoms with Crippen LogP contribution in [0.25, 0.3) is 0 Å². The molecule has 0 bridgehead atoms. The van der Waals surface area contributed by atoms with E-state index in [0.717, 1.165) is 44.0 Å². The second-order valence-corrected chi connectivity index (χ2v) is 7.43. The molecule has 0 spiro atoms. The topological polar surface area (TPSA) is 58.6 Å². The monoisotopic (exact) mass is 346 g/mol. The van der Waals surface area contributed by atoms with Gasteiger partial charge in [0.15, 0.2) is 0 Å². The molecule has 3 rings (SSSR count). The molecule has 1 aliphatic heterocycles. The third-order valence-electron chi connectivity index (χ3n) is 4.14. The Balaban J connectivity index is 1.72. The predicted molar refractivity (Wildman–Crippen MR) is 96.1 cm³/mol. The Hall–Kier alpha value is -2.05. The highest BCUT2D eigenvalue weighted by atomic mass is 32.2. The zero-order valence-corrected chi connectivity index (χ0v) is 14.6. The van der Waals surface area contributed by atoms with Crippen molar-refractivity contribution in [3.8, 4) is 0 Å². The molecular formula is C18H22N2O3S. The van der Waals surface area contributed by atoms with Gasteiger partial charge in [0.2, 0.25) is 0 Å². The molecule has 0 aliphatic carbocycles. The highest BCUT2D eigenvalue weighted by Gasteiger charge is 2.15. The molecule has 6 heteroatoms. The average molecular weight is 346 g/mol. The molecule has 1 heterocycles. The van der Waals surface area contributed by atoms with Gasteiger partial charge in [-0.15, -0.1) is 0 Å². The van der Waals surface area contributed by atoms with Crippen LogP contribution in [0.5, 0.6) is 0 Å². The number of hydrogen-bond donors (Lipinski definition) is 1. The zero-order valence-electron chi connectivity index (χ0n) is 13.7. The Morgan fingerprint density at radius 1 is 1.00 bits per heavy atom. The molecule has 0 unspecified atom stereocenters. The van der Waals surface area contributed by atoms with E-state index in [-0.39, 0.29) is 4.90 Å². The van der Waals surface area contributed by atoms with Gasteiger partial charge >= 0.3 is 0 Å². The minimum Gasteiger partial charge on any atom is -0.378 e. The zero-order chi connectivity index (χ0) is 17.0. The summed E-state index contributed by atoms with van der Waals surface area (Å²) in [5, 5.41) is 0. The van der Waals surface area contributed by atoms with Gasteiger partial charge in [0.1, 0.15) is 0 Å². The van der Waals surface area contributed by atoms with Crippen molar-refractivity contribution < 1.29 is 13.2 Å². The molecule has 1 saturated heterocycles. The molecule has 2 aromatic carbocycles. The van der Waals surface area contributed by atoms with E-state index in [1.165, 1.54) is 0 Å². The largest absolute Gasteiger partial charge is 0.378 e. The van der Waals surface area contributed by atoms with E-state index in [4.69, 9.17) is 4.74 Å². The number of hydrogen-bond acceptors (Lipinski definition) is 4. The third kappa shape index (κ3) is 3.88. The maximum atomic E-state index is 12.4. The summed E-state index contributed by atoms with van der Waals surface area (Å²) in [4.78, 5) is 2.50. The van der Waals surface area contributed by atoms with E-state index in [1.54, 1.807) is 24.3 Å². The van der Waals surface area contributed by atoms with Crippen molar-refractivity contribution in [3.05, 3.63) is 54.1 Å². The average Bonchev–Trinajstić information content (AvgIpc) is 2.63. The van der Waals surface area contributed by atoms with Crippen molar-refractivity contribution in [1.82, 2.24) is 0 Å². The summed E-state index contributed by atoms with van der Waals surface area (Å²) in [6.07, 6.45) is 0.886. The Bertz CT molecular complexity index is 765. The van der Waals surface area contributed by atoms with Gasteiger partial charge in [-0.2, -0.15) is 0 Å². The van der Waals surface area contributed by atoms with Gasteiger partial charge in [-0.1, -0.05) is 19.1 Å². The van der Waals surface area contributed by atoms with Crippen LogP contribution in [0.2, 0.25) is 0 Å². The summed E-state index contributed by atoms with van der Waals surface area (Å²) in [6, 6.07) is 14.4. The van der Waals surface area contributed by atoms with Crippen molar-refractivity contribution in [1.29, 1.82) is 0 Å². The minimum absolute atomic E-state index is 0.275. The van der Waals surface area contributed by atoms with Crippen LogP contribution in [0, 0.1) is 0 Å². The standard InChI is InChI=1S/C18H22N2O3S/c1-2-15-3-9-18(10-4-15)24(21,22)19-16-5-7-17(8-6-16)20-11-13-23-14-12-20/h3-10,19H,2,11-14H2,1H3. The Morgan fingerprint density at radius 3 is 2.21 bits per heavy atom. The molecule has 0 radical (unpaired) electrons. The SMILES string of the molecule is CCc1ccc(S(=O)(=O)Nc2ccc(N3CCOCC3)cc2)cc1. The van der Waals surface area contributed by atoms with Gasteiger partial charge in [-0.25, -0.2) is 8.42 Å². The Labute approximate surface area is 143 Å². The number of nitrogens with zero attached hydrogens (tertiary/aromatic N) is 1. The number of benzene rings is 2. The van der Waals surface area contributed by atoms with Gasteiger partial charge in [0.05, 0.1) is 18.1 Å². The molecule has 1 N–H and O–H groups in total. The lowest BCUT2D eigenvalue weighted by Gasteiger charge is -2.28. The van der Waals surface area contributed by atoms with Crippen molar-refractivity contribution in [2.24, 2.45) is 0 Å². The highest BCUT2D eigenvalue weighted by molar-refractivity contribution is 7.92. The van der Waals surface area contributed by atoms with Crippen LogP contribution >= 0.6 is 0 Å². The first kappa shape index (κ1) is 16.8. The number of ether oxygens (including phenoxy) is 1. The maximum absolute atomic E-state index is 12.4. The lowest BCUT2D eigenvalue weighted by atomic mass is 10.2. The summed E-state index contributed by atoms with van der Waals surface area (Å²) in [6.45, 7) is 5.20. The van der Waals surface area contributed by atoms with E-state index in [2.05, 4.69) is 9.62 Å². The smallest absolute Gasteiger partial charge is 0.261 e. The fourth-order valence-electron chi connectivity index (χ4n) is 2.68.